The molecular formula is C18H20N2O2S2. The zero-order valence-corrected chi connectivity index (χ0v) is 15.4. The Morgan fingerprint density at radius 3 is 2.83 bits per heavy atom. The highest BCUT2D eigenvalue weighted by Crippen LogP contribution is 2.30. The van der Waals surface area contributed by atoms with Crippen LogP contribution < -0.4 is 5.32 Å². The summed E-state index contributed by atoms with van der Waals surface area (Å²) in [5.41, 5.74) is 3.25. The molecule has 0 unspecified atom stereocenters. The third-order valence-corrected chi connectivity index (χ3v) is 5.73. The highest BCUT2D eigenvalue weighted by atomic mass is 32.1. The zero-order valence-electron chi connectivity index (χ0n) is 13.8. The average molecular weight is 361 g/mol. The van der Waals surface area contributed by atoms with E-state index in [4.69, 9.17) is 17.0 Å². The van der Waals surface area contributed by atoms with Crippen molar-refractivity contribution in [1.82, 2.24) is 4.90 Å². The van der Waals surface area contributed by atoms with E-state index in [1.165, 1.54) is 18.2 Å². The molecule has 2 heterocycles. The van der Waals surface area contributed by atoms with E-state index in [2.05, 4.69) is 41.4 Å². The van der Waals surface area contributed by atoms with Crippen molar-refractivity contribution in [2.24, 2.45) is 0 Å². The molecule has 0 bridgehead atoms. The summed E-state index contributed by atoms with van der Waals surface area (Å²) in [6, 6.07) is 10.3. The summed E-state index contributed by atoms with van der Waals surface area (Å²) in [6.45, 7) is 3.74. The summed E-state index contributed by atoms with van der Waals surface area (Å²) in [6.07, 6.45) is 1.85. The molecule has 0 aliphatic carbocycles. The smallest absolute Gasteiger partial charge is 0.340 e. The number of thiophene rings is 1. The van der Waals surface area contributed by atoms with Gasteiger partial charge >= 0.3 is 5.97 Å². The van der Waals surface area contributed by atoms with E-state index in [1.807, 2.05) is 6.07 Å². The van der Waals surface area contributed by atoms with Crippen molar-refractivity contribution in [3.8, 4) is 0 Å². The van der Waals surface area contributed by atoms with E-state index >= 15 is 0 Å². The minimum Gasteiger partial charge on any atom is -0.465 e. The molecule has 2 aromatic rings. The molecule has 6 heteroatoms. The Hall–Kier alpha value is -1.92. The van der Waals surface area contributed by atoms with Crippen LogP contribution in [0.5, 0.6) is 0 Å². The van der Waals surface area contributed by atoms with Crippen LogP contribution in [0.3, 0.4) is 0 Å². The van der Waals surface area contributed by atoms with Crippen LogP contribution in [0, 0.1) is 0 Å². The van der Waals surface area contributed by atoms with Gasteiger partial charge in [0.05, 0.1) is 12.7 Å². The summed E-state index contributed by atoms with van der Waals surface area (Å²) < 4.78 is 4.88. The van der Waals surface area contributed by atoms with Gasteiger partial charge < -0.3 is 15.0 Å². The van der Waals surface area contributed by atoms with Crippen molar-refractivity contribution in [2.75, 3.05) is 19.0 Å². The fourth-order valence-corrected chi connectivity index (χ4v) is 4.12. The monoisotopic (exact) mass is 360 g/mol. The van der Waals surface area contributed by atoms with Crippen LogP contribution in [0.1, 0.15) is 33.3 Å². The number of esters is 1. The molecule has 1 aromatic carbocycles. The van der Waals surface area contributed by atoms with Gasteiger partial charge in [-0.05, 0) is 42.3 Å². The standard InChI is InChI=1S/C18H20N2O2S2/c1-3-14-10-15(17(21)22-2)16(24-14)19-18(23)20-9-8-12-6-4-5-7-13(12)11-20/h4-7,10H,3,8-9,11H2,1-2H3,(H,19,23). The number of ether oxygens (including phenoxy) is 1. The van der Waals surface area contributed by atoms with Crippen molar-refractivity contribution in [1.29, 1.82) is 0 Å². The predicted octanol–water partition coefficient (Wildman–Crippen LogP) is 3.85. The lowest BCUT2D eigenvalue weighted by atomic mass is 10.0. The lowest BCUT2D eigenvalue weighted by Gasteiger charge is -2.31. The number of aryl methyl sites for hydroxylation is 1. The molecule has 126 valence electrons. The van der Waals surface area contributed by atoms with Gasteiger partial charge in [-0.3, -0.25) is 0 Å². The van der Waals surface area contributed by atoms with E-state index in [-0.39, 0.29) is 5.97 Å². The number of hydrogen-bond acceptors (Lipinski definition) is 4. The maximum Gasteiger partial charge on any atom is 0.340 e. The largest absolute Gasteiger partial charge is 0.465 e. The number of rotatable bonds is 3. The molecule has 1 aliphatic rings. The SMILES string of the molecule is CCc1cc(C(=O)OC)c(NC(=S)N2CCc3ccccc3C2)s1. The van der Waals surface area contributed by atoms with Gasteiger partial charge in [-0.15, -0.1) is 11.3 Å². The minimum absolute atomic E-state index is 0.333. The summed E-state index contributed by atoms with van der Waals surface area (Å²) in [5, 5.41) is 4.67. The molecule has 24 heavy (non-hydrogen) atoms. The number of fused-ring (bicyclic) bond motifs is 1. The lowest BCUT2D eigenvalue weighted by Crippen LogP contribution is -2.38. The van der Waals surface area contributed by atoms with Crippen LogP contribution in [0.15, 0.2) is 30.3 Å². The first-order valence-electron chi connectivity index (χ1n) is 7.96. The summed E-state index contributed by atoms with van der Waals surface area (Å²) >= 11 is 7.14. The van der Waals surface area contributed by atoms with E-state index < -0.39 is 0 Å². The molecule has 1 aliphatic heterocycles. The van der Waals surface area contributed by atoms with Gasteiger partial charge in [0.25, 0.3) is 0 Å². The first kappa shape index (κ1) is 16.9. The summed E-state index contributed by atoms with van der Waals surface area (Å²) in [5.74, 6) is -0.333. The predicted molar refractivity (Wildman–Crippen MR) is 102 cm³/mol. The second kappa shape index (κ2) is 7.32. The van der Waals surface area contributed by atoms with Crippen LogP contribution in [-0.4, -0.2) is 29.6 Å². The topological polar surface area (TPSA) is 41.6 Å². The summed E-state index contributed by atoms with van der Waals surface area (Å²) in [4.78, 5) is 15.2. The Bertz CT molecular complexity index is 770. The second-order valence-electron chi connectivity index (χ2n) is 5.67. The molecular weight excluding hydrogens is 340 g/mol. The number of hydrogen-bond donors (Lipinski definition) is 1. The Kier molecular flexibility index (Phi) is 5.16. The normalized spacial score (nSPS) is 13.3. The maximum absolute atomic E-state index is 12.0. The van der Waals surface area contributed by atoms with Crippen LogP contribution in [-0.2, 0) is 24.1 Å². The van der Waals surface area contributed by atoms with Crippen LogP contribution in [0.4, 0.5) is 5.00 Å². The first-order valence-corrected chi connectivity index (χ1v) is 9.18. The number of nitrogens with zero attached hydrogens (tertiary/aromatic N) is 1. The van der Waals surface area contributed by atoms with Crippen molar-refractivity contribution in [2.45, 2.75) is 26.3 Å². The van der Waals surface area contributed by atoms with Crippen molar-refractivity contribution < 1.29 is 9.53 Å². The number of nitrogens with one attached hydrogen (secondary N) is 1. The van der Waals surface area contributed by atoms with Gasteiger partial charge in [-0.25, -0.2) is 4.79 Å². The Morgan fingerprint density at radius 1 is 1.38 bits per heavy atom. The second-order valence-corrected chi connectivity index (χ2v) is 7.19. The van der Waals surface area contributed by atoms with Gasteiger partial charge in [-0.1, -0.05) is 31.2 Å². The molecule has 0 spiro atoms. The first-order chi connectivity index (χ1) is 11.6. The molecule has 4 nitrogen and oxygen atoms in total. The van der Waals surface area contributed by atoms with E-state index in [9.17, 15) is 4.79 Å². The molecule has 0 saturated carbocycles. The lowest BCUT2D eigenvalue weighted by molar-refractivity contribution is 0.0602. The molecule has 0 fully saturated rings. The fraction of sp³-hybridized carbons (Fsp3) is 0.333. The number of carbonyl (C=O) groups excluding carboxylic acids is 1. The van der Waals surface area contributed by atoms with Crippen molar-refractivity contribution in [3.05, 3.63) is 51.9 Å². The molecule has 3 rings (SSSR count). The average Bonchev–Trinajstić information content (AvgIpc) is 3.03. The van der Waals surface area contributed by atoms with Gasteiger partial charge in [0.2, 0.25) is 0 Å². The third kappa shape index (κ3) is 3.44. The fourth-order valence-electron chi connectivity index (χ4n) is 2.82. The highest BCUT2D eigenvalue weighted by molar-refractivity contribution is 7.80. The molecule has 0 amide bonds. The van der Waals surface area contributed by atoms with Gasteiger partial charge in [0.1, 0.15) is 5.00 Å². The highest BCUT2D eigenvalue weighted by Gasteiger charge is 2.21. The van der Waals surface area contributed by atoms with Crippen LogP contribution in [0.25, 0.3) is 0 Å². The van der Waals surface area contributed by atoms with E-state index in [0.717, 1.165) is 35.8 Å². The van der Waals surface area contributed by atoms with E-state index in [1.54, 1.807) is 11.3 Å². The Balaban J connectivity index is 1.76. The van der Waals surface area contributed by atoms with E-state index in [0.29, 0.717) is 10.7 Å². The van der Waals surface area contributed by atoms with Crippen molar-refractivity contribution >= 4 is 39.6 Å². The number of anilines is 1. The molecule has 0 saturated heterocycles. The summed E-state index contributed by atoms with van der Waals surface area (Å²) in [7, 11) is 1.40. The molecule has 0 atom stereocenters. The number of thiocarbonyl (C=S) groups is 1. The number of benzene rings is 1. The number of methoxy groups -OCH3 is 1. The Morgan fingerprint density at radius 2 is 2.12 bits per heavy atom. The van der Waals surface area contributed by atoms with Gasteiger partial charge in [0, 0.05) is 18.0 Å². The third-order valence-electron chi connectivity index (χ3n) is 4.18. The minimum atomic E-state index is -0.333. The van der Waals surface area contributed by atoms with Crippen molar-refractivity contribution in [3.63, 3.8) is 0 Å². The maximum atomic E-state index is 12.0. The molecule has 1 N–H and O–H groups in total. The van der Waals surface area contributed by atoms with Crippen LogP contribution >= 0.6 is 23.6 Å². The zero-order chi connectivity index (χ0) is 17.1. The van der Waals surface area contributed by atoms with Gasteiger partial charge in [0.15, 0.2) is 5.11 Å². The quantitative estimate of drug-likeness (QED) is 0.665. The van der Waals surface area contributed by atoms with Crippen LogP contribution in [0.2, 0.25) is 0 Å². The van der Waals surface area contributed by atoms with Gasteiger partial charge in [-0.2, -0.15) is 0 Å². The Labute approximate surface area is 151 Å². The number of carbonyl (C=O) groups is 1. The molecule has 0 radical (unpaired) electrons. The molecule has 1 aromatic heterocycles.